The maximum Gasteiger partial charge on any atom is 0.223 e. The van der Waals surface area contributed by atoms with E-state index >= 15 is 0 Å². The molecule has 0 bridgehead atoms. The highest BCUT2D eigenvalue weighted by atomic mass is 16.1. The van der Waals surface area contributed by atoms with Crippen LogP contribution in [0.15, 0.2) is 0 Å². The first-order valence-electron chi connectivity index (χ1n) is 10.7. The van der Waals surface area contributed by atoms with Crippen LogP contribution < -0.4 is 11.1 Å². The average Bonchev–Trinajstić information content (AvgIpc) is 2.76. The number of rotatable bonds is 3. The van der Waals surface area contributed by atoms with Gasteiger partial charge in [-0.1, -0.05) is 57.8 Å². The monoisotopic (exact) mass is 336 g/mol. The number of carbonyl (C=O) groups is 1. The van der Waals surface area contributed by atoms with Crippen molar-refractivity contribution in [1.82, 2.24) is 5.32 Å². The Morgan fingerprint density at radius 1 is 0.792 bits per heavy atom. The number of carbonyl (C=O) groups excluding carboxylic acids is 1. The molecule has 2 fully saturated rings. The third kappa shape index (κ3) is 7.13. The quantitative estimate of drug-likeness (QED) is 0.768. The van der Waals surface area contributed by atoms with Crippen LogP contribution in [0.25, 0.3) is 0 Å². The summed E-state index contributed by atoms with van der Waals surface area (Å²) in [5, 5.41) is 3.42. The van der Waals surface area contributed by atoms with Crippen molar-refractivity contribution in [3.8, 4) is 0 Å². The van der Waals surface area contributed by atoms with E-state index in [1.54, 1.807) is 0 Å². The van der Waals surface area contributed by atoms with E-state index in [2.05, 4.69) is 12.2 Å². The van der Waals surface area contributed by atoms with Gasteiger partial charge in [0.2, 0.25) is 5.91 Å². The smallest absolute Gasteiger partial charge is 0.223 e. The lowest BCUT2D eigenvalue weighted by Crippen LogP contribution is -2.39. The molecule has 1 amide bonds. The topological polar surface area (TPSA) is 55.1 Å². The molecular formula is C21H40N2O. The Morgan fingerprint density at radius 2 is 1.29 bits per heavy atom. The van der Waals surface area contributed by atoms with Crippen molar-refractivity contribution in [3.63, 3.8) is 0 Å². The molecule has 3 nitrogen and oxygen atoms in total. The summed E-state index contributed by atoms with van der Waals surface area (Å²) in [6.07, 6.45) is 18.5. The maximum atomic E-state index is 12.8. The fourth-order valence-corrected chi connectivity index (χ4v) is 4.60. The molecule has 3 atom stereocenters. The first-order chi connectivity index (χ1) is 11.7. The molecule has 0 saturated heterocycles. The summed E-state index contributed by atoms with van der Waals surface area (Å²) in [6, 6.07) is 0.731. The largest absolute Gasteiger partial charge is 0.353 e. The van der Waals surface area contributed by atoms with Gasteiger partial charge >= 0.3 is 0 Å². The van der Waals surface area contributed by atoms with Crippen molar-refractivity contribution in [2.24, 2.45) is 17.6 Å². The van der Waals surface area contributed by atoms with Crippen LogP contribution in [-0.2, 0) is 4.79 Å². The summed E-state index contributed by atoms with van der Waals surface area (Å²) in [6.45, 7) is 2.14. The molecule has 2 saturated carbocycles. The van der Waals surface area contributed by atoms with Crippen molar-refractivity contribution in [2.75, 3.05) is 0 Å². The van der Waals surface area contributed by atoms with Gasteiger partial charge in [0.05, 0.1) is 0 Å². The minimum atomic E-state index is 0.240. The van der Waals surface area contributed by atoms with E-state index in [1.807, 2.05) is 0 Å². The van der Waals surface area contributed by atoms with Crippen molar-refractivity contribution >= 4 is 5.91 Å². The normalized spacial score (nSPS) is 29.9. The minimum Gasteiger partial charge on any atom is -0.353 e. The van der Waals surface area contributed by atoms with Crippen molar-refractivity contribution in [1.29, 1.82) is 0 Å². The van der Waals surface area contributed by atoms with Crippen molar-refractivity contribution < 1.29 is 4.79 Å². The van der Waals surface area contributed by atoms with Crippen molar-refractivity contribution in [3.05, 3.63) is 0 Å². The highest BCUT2D eigenvalue weighted by Gasteiger charge is 2.24. The molecule has 0 aliphatic heterocycles. The molecule has 3 heteroatoms. The van der Waals surface area contributed by atoms with E-state index in [0.29, 0.717) is 23.9 Å². The maximum absolute atomic E-state index is 12.8. The van der Waals surface area contributed by atoms with Gasteiger partial charge in [0.25, 0.3) is 0 Å². The van der Waals surface area contributed by atoms with Gasteiger partial charge in [0.1, 0.15) is 0 Å². The molecule has 140 valence electrons. The van der Waals surface area contributed by atoms with Crippen LogP contribution in [0.4, 0.5) is 0 Å². The van der Waals surface area contributed by atoms with Crippen LogP contribution in [0.5, 0.6) is 0 Å². The molecule has 2 aliphatic rings. The minimum absolute atomic E-state index is 0.240. The number of amides is 1. The van der Waals surface area contributed by atoms with Crippen molar-refractivity contribution in [2.45, 2.75) is 115 Å². The van der Waals surface area contributed by atoms with Crippen LogP contribution in [0.2, 0.25) is 0 Å². The zero-order chi connectivity index (χ0) is 17.2. The van der Waals surface area contributed by atoms with Gasteiger partial charge in [0.15, 0.2) is 0 Å². The lowest BCUT2D eigenvalue weighted by atomic mass is 9.90. The number of nitrogens with one attached hydrogen (secondary N) is 1. The highest BCUT2D eigenvalue weighted by Crippen LogP contribution is 2.27. The Balaban J connectivity index is 1.81. The molecule has 0 radical (unpaired) electrons. The number of nitrogens with two attached hydrogens (primary N) is 1. The van der Waals surface area contributed by atoms with Gasteiger partial charge in [-0.3, -0.25) is 4.79 Å². The Bertz CT molecular complexity index is 346. The third-order valence-corrected chi connectivity index (χ3v) is 6.32. The van der Waals surface area contributed by atoms with E-state index < -0.39 is 0 Å². The van der Waals surface area contributed by atoms with E-state index in [0.717, 1.165) is 19.3 Å². The Labute approximate surface area is 149 Å². The molecule has 0 aromatic rings. The fraction of sp³-hybridized carbons (Fsp3) is 0.952. The summed E-state index contributed by atoms with van der Waals surface area (Å²) in [5.41, 5.74) is 6.12. The SMILES string of the molecule is C[C@@H](N)C1CCCCC(C(=O)NC2CCCCCCCC2)CCC1. The predicted octanol–water partition coefficient (Wildman–Crippen LogP) is 4.93. The van der Waals surface area contributed by atoms with Gasteiger partial charge in [-0.2, -0.15) is 0 Å². The Morgan fingerprint density at radius 3 is 1.96 bits per heavy atom. The molecule has 0 spiro atoms. The third-order valence-electron chi connectivity index (χ3n) is 6.32. The highest BCUT2D eigenvalue weighted by molar-refractivity contribution is 5.78. The lowest BCUT2D eigenvalue weighted by molar-refractivity contribution is -0.126. The molecule has 24 heavy (non-hydrogen) atoms. The lowest BCUT2D eigenvalue weighted by Gasteiger charge is -2.22. The van der Waals surface area contributed by atoms with Gasteiger partial charge in [-0.25, -0.2) is 0 Å². The van der Waals surface area contributed by atoms with Crippen LogP contribution in [0, 0.1) is 11.8 Å². The molecule has 0 heterocycles. The van der Waals surface area contributed by atoms with Gasteiger partial charge in [0, 0.05) is 18.0 Å². The number of hydrogen-bond donors (Lipinski definition) is 2. The standard InChI is InChI=1S/C21H40N2O/c1-17(22)18-11-8-9-12-19(14-10-13-18)21(24)23-20-15-6-4-2-3-5-7-16-20/h17-20H,2-16,22H2,1H3,(H,23,24)/t17-,18?,19?/m1/s1. The zero-order valence-corrected chi connectivity index (χ0v) is 15.9. The molecule has 2 rings (SSSR count). The predicted molar refractivity (Wildman–Crippen MR) is 102 cm³/mol. The van der Waals surface area contributed by atoms with Gasteiger partial charge in [-0.15, -0.1) is 0 Å². The van der Waals surface area contributed by atoms with Crippen LogP contribution in [-0.4, -0.2) is 18.0 Å². The second kappa shape index (κ2) is 11.1. The second-order valence-electron chi connectivity index (χ2n) is 8.44. The molecule has 0 aromatic heterocycles. The summed E-state index contributed by atoms with van der Waals surface area (Å²) < 4.78 is 0. The first kappa shape index (κ1) is 19.8. The molecule has 0 aromatic carbocycles. The van der Waals surface area contributed by atoms with Crippen LogP contribution in [0.1, 0.15) is 103 Å². The summed E-state index contributed by atoms with van der Waals surface area (Å²) in [7, 11) is 0. The summed E-state index contributed by atoms with van der Waals surface area (Å²) in [4.78, 5) is 12.8. The van der Waals surface area contributed by atoms with E-state index in [4.69, 9.17) is 5.73 Å². The Kier molecular flexibility index (Phi) is 9.15. The molecule has 2 unspecified atom stereocenters. The van der Waals surface area contributed by atoms with Crippen LogP contribution in [0.3, 0.4) is 0 Å². The van der Waals surface area contributed by atoms with Gasteiger partial charge in [-0.05, 0) is 51.4 Å². The summed E-state index contributed by atoms with van der Waals surface area (Å²) >= 11 is 0. The van der Waals surface area contributed by atoms with E-state index in [9.17, 15) is 4.79 Å². The summed E-state index contributed by atoms with van der Waals surface area (Å²) in [5.74, 6) is 1.24. The second-order valence-corrected chi connectivity index (χ2v) is 8.44. The molecule has 2 aliphatic carbocycles. The molecule has 3 N–H and O–H groups in total. The zero-order valence-electron chi connectivity index (χ0n) is 15.9. The molecular weight excluding hydrogens is 296 g/mol. The first-order valence-corrected chi connectivity index (χ1v) is 10.7. The Hall–Kier alpha value is -0.570. The van der Waals surface area contributed by atoms with E-state index in [1.165, 1.54) is 77.0 Å². The number of hydrogen-bond acceptors (Lipinski definition) is 2. The van der Waals surface area contributed by atoms with E-state index in [-0.39, 0.29) is 5.92 Å². The fourth-order valence-electron chi connectivity index (χ4n) is 4.60. The van der Waals surface area contributed by atoms with Gasteiger partial charge < -0.3 is 11.1 Å². The van der Waals surface area contributed by atoms with Crippen LogP contribution >= 0.6 is 0 Å². The average molecular weight is 337 g/mol.